The molecule has 0 unspecified atom stereocenters. The molecule has 0 amide bonds. The maximum Gasteiger partial charge on any atom is 0.170 e. The Bertz CT molecular complexity index is 630. The lowest BCUT2D eigenvalue weighted by molar-refractivity contribution is 0.252. The Morgan fingerprint density at radius 1 is 1.13 bits per heavy atom. The first-order valence-electron chi connectivity index (χ1n) is 8.16. The summed E-state index contributed by atoms with van der Waals surface area (Å²) < 4.78 is 0. The van der Waals surface area contributed by atoms with E-state index in [4.69, 9.17) is 5.41 Å². The monoisotopic (exact) mass is 313 g/mol. The maximum absolute atomic E-state index is 8.34. The molecule has 1 heterocycles. The molecule has 124 valence electrons. The van der Waals surface area contributed by atoms with E-state index >= 15 is 0 Å². The van der Waals surface area contributed by atoms with Crippen molar-refractivity contribution >= 4 is 28.6 Å². The minimum absolute atomic E-state index is 0.220. The average Bonchev–Trinajstić information content (AvgIpc) is 2.78. The van der Waals surface area contributed by atoms with E-state index in [0.29, 0.717) is 11.5 Å². The summed E-state index contributed by atoms with van der Waals surface area (Å²) in [6.45, 7) is 14.3. The van der Waals surface area contributed by atoms with Crippen molar-refractivity contribution in [1.29, 1.82) is 5.41 Å². The third-order valence-electron chi connectivity index (χ3n) is 3.88. The molecule has 0 bridgehead atoms. The van der Waals surface area contributed by atoms with Gasteiger partial charge in [-0.1, -0.05) is 0 Å². The first-order valence-corrected chi connectivity index (χ1v) is 8.16. The molecule has 0 atom stereocenters. The zero-order valence-electron chi connectivity index (χ0n) is 15.0. The molecule has 0 saturated carbocycles. The smallest absolute Gasteiger partial charge is 0.170 e. The van der Waals surface area contributed by atoms with Crippen molar-refractivity contribution in [2.24, 2.45) is 10.1 Å². The fourth-order valence-corrected chi connectivity index (χ4v) is 2.59. The number of aliphatic imine (C=N–C) groups is 1. The predicted octanol–water partition coefficient (Wildman–Crippen LogP) is 4.07. The van der Waals surface area contributed by atoms with Crippen molar-refractivity contribution in [2.75, 3.05) is 18.0 Å². The average molecular weight is 313 g/mol. The number of hydrogen-bond acceptors (Lipinski definition) is 4. The van der Waals surface area contributed by atoms with Gasteiger partial charge in [0, 0.05) is 18.8 Å². The molecule has 5 nitrogen and oxygen atoms in total. The van der Waals surface area contributed by atoms with Crippen molar-refractivity contribution < 1.29 is 0 Å². The summed E-state index contributed by atoms with van der Waals surface area (Å²) >= 11 is 0. The van der Waals surface area contributed by atoms with Crippen LogP contribution in [-0.4, -0.2) is 40.9 Å². The first-order chi connectivity index (χ1) is 10.8. The van der Waals surface area contributed by atoms with Crippen LogP contribution in [-0.2, 0) is 0 Å². The van der Waals surface area contributed by atoms with Crippen molar-refractivity contribution in [2.45, 2.75) is 47.1 Å². The number of anilines is 1. The summed E-state index contributed by atoms with van der Waals surface area (Å²) in [6.07, 6.45) is 0. The second-order valence-corrected chi connectivity index (χ2v) is 6.67. The van der Waals surface area contributed by atoms with Gasteiger partial charge in [0.1, 0.15) is 5.71 Å². The van der Waals surface area contributed by atoms with Crippen LogP contribution in [0, 0.1) is 5.41 Å². The van der Waals surface area contributed by atoms with Crippen LogP contribution < -0.4 is 4.90 Å². The fraction of sp³-hybridized carbons (Fsp3) is 0.500. The molecule has 0 fully saturated rings. The highest BCUT2D eigenvalue weighted by Gasteiger charge is 2.33. The van der Waals surface area contributed by atoms with E-state index in [0.717, 1.165) is 24.5 Å². The molecule has 1 aliphatic rings. The number of hydrogen-bond donors (Lipinski definition) is 1. The van der Waals surface area contributed by atoms with Crippen LogP contribution in [0.4, 0.5) is 11.4 Å². The van der Waals surface area contributed by atoms with E-state index in [9.17, 15) is 0 Å². The van der Waals surface area contributed by atoms with Gasteiger partial charge in [-0.05, 0) is 65.8 Å². The third kappa shape index (κ3) is 3.60. The quantitative estimate of drug-likeness (QED) is 0.911. The Labute approximate surface area is 139 Å². The largest absolute Gasteiger partial charge is 0.372 e. The lowest BCUT2D eigenvalue weighted by atomic mass is 10.1. The van der Waals surface area contributed by atoms with Gasteiger partial charge in [0.2, 0.25) is 0 Å². The molecular weight excluding hydrogens is 286 g/mol. The molecule has 0 aliphatic carbocycles. The molecule has 1 aromatic rings. The Morgan fingerprint density at radius 2 is 1.70 bits per heavy atom. The van der Waals surface area contributed by atoms with Crippen LogP contribution >= 0.6 is 0 Å². The number of amidine groups is 1. The second-order valence-electron chi connectivity index (χ2n) is 6.67. The molecule has 0 spiro atoms. The predicted molar refractivity (Wildman–Crippen MR) is 99.5 cm³/mol. The molecule has 1 aliphatic heterocycles. The van der Waals surface area contributed by atoms with Crippen molar-refractivity contribution in [3.8, 4) is 0 Å². The van der Waals surface area contributed by atoms with Crippen LogP contribution in [0.25, 0.3) is 0 Å². The molecule has 2 rings (SSSR count). The summed E-state index contributed by atoms with van der Waals surface area (Å²) in [4.78, 5) is 6.93. The number of hydrazone groups is 1. The van der Waals surface area contributed by atoms with Crippen LogP contribution in [0.15, 0.2) is 34.4 Å². The van der Waals surface area contributed by atoms with Gasteiger partial charge in [0.05, 0.1) is 16.9 Å². The van der Waals surface area contributed by atoms with Crippen molar-refractivity contribution in [3.63, 3.8) is 0 Å². The lowest BCUT2D eigenvalue weighted by Gasteiger charge is -2.29. The number of nitrogens with zero attached hydrogens (tertiary/aromatic N) is 4. The second kappa shape index (κ2) is 6.52. The molecule has 0 aromatic heterocycles. The topological polar surface area (TPSA) is 55.1 Å². The number of benzene rings is 1. The summed E-state index contributed by atoms with van der Waals surface area (Å²) in [5.74, 6) is 0.364. The van der Waals surface area contributed by atoms with Gasteiger partial charge in [0.25, 0.3) is 0 Å². The minimum atomic E-state index is -0.220. The van der Waals surface area contributed by atoms with Crippen LogP contribution in [0.5, 0.6) is 0 Å². The highest BCUT2D eigenvalue weighted by molar-refractivity contribution is 6.69. The van der Waals surface area contributed by atoms with Gasteiger partial charge >= 0.3 is 0 Å². The molecule has 1 N–H and O–H groups in total. The summed E-state index contributed by atoms with van der Waals surface area (Å²) in [7, 11) is 0. The summed E-state index contributed by atoms with van der Waals surface area (Å²) in [5.41, 5.74) is 3.27. The Kier molecular flexibility index (Phi) is 4.88. The third-order valence-corrected chi connectivity index (χ3v) is 3.88. The van der Waals surface area contributed by atoms with Crippen molar-refractivity contribution in [3.05, 3.63) is 24.3 Å². The van der Waals surface area contributed by atoms with E-state index in [1.54, 1.807) is 5.01 Å². The van der Waals surface area contributed by atoms with E-state index in [2.05, 4.69) is 41.0 Å². The number of nitrogens with one attached hydrogen (secondary N) is 1. The maximum atomic E-state index is 8.34. The van der Waals surface area contributed by atoms with Crippen LogP contribution in [0.3, 0.4) is 0 Å². The molecular formula is C18H27N5. The van der Waals surface area contributed by atoms with E-state index in [1.807, 2.05) is 39.8 Å². The zero-order valence-corrected chi connectivity index (χ0v) is 15.0. The standard InChI is InChI=1S/C18H27N5/c1-7-22(8-2)15-11-9-14(10-12-15)20-16-13(3)21-23(17(16)19)18(4,5)6/h9-12,19H,7-8H2,1-6H3. The van der Waals surface area contributed by atoms with E-state index < -0.39 is 0 Å². The van der Waals surface area contributed by atoms with Crippen LogP contribution in [0.2, 0.25) is 0 Å². The summed E-state index contributed by atoms with van der Waals surface area (Å²) in [5, 5.41) is 14.5. The Morgan fingerprint density at radius 3 is 2.13 bits per heavy atom. The van der Waals surface area contributed by atoms with Crippen LogP contribution in [0.1, 0.15) is 41.5 Å². The lowest BCUT2D eigenvalue weighted by Crippen LogP contribution is -2.41. The van der Waals surface area contributed by atoms with Gasteiger partial charge in [-0.25, -0.2) is 10.0 Å². The van der Waals surface area contributed by atoms with E-state index in [1.165, 1.54) is 5.69 Å². The highest BCUT2D eigenvalue weighted by atomic mass is 15.5. The molecule has 5 heteroatoms. The Balaban J connectivity index is 2.26. The van der Waals surface area contributed by atoms with Gasteiger partial charge < -0.3 is 4.90 Å². The van der Waals surface area contributed by atoms with E-state index in [-0.39, 0.29) is 5.54 Å². The summed E-state index contributed by atoms with van der Waals surface area (Å²) in [6, 6.07) is 8.17. The normalized spacial score (nSPS) is 17.0. The number of rotatable bonds is 4. The molecule has 0 saturated heterocycles. The SMILES string of the molecule is CCN(CC)c1ccc(N=C2C(=N)N(C(C)(C)C)N=C2C)cc1. The van der Waals surface area contributed by atoms with Gasteiger partial charge in [-0.15, -0.1) is 0 Å². The van der Waals surface area contributed by atoms with Gasteiger partial charge in [-0.2, -0.15) is 5.10 Å². The molecule has 0 radical (unpaired) electrons. The molecule has 23 heavy (non-hydrogen) atoms. The fourth-order valence-electron chi connectivity index (χ4n) is 2.59. The van der Waals surface area contributed by atoms with Gasteiger partial charge in [-0.3, -0.25) is 5.41 Å². The molecule has 1 aromatic carbocycles. The minimum Gasteiger partial charge on any atom is -0.372 e. The van der Waals surface area contributed by atoms with Gasteiger partial charge in [0.15, 0.2) is 5.84 Å². The van der Waals surface area contributed by atoms with Crippen molar-refractivity contribution in [1.82, 2.24) is 5.01 Å². The Hall–Kier alpha value is -2.17. The first kappa shape index (κ1) is 17.2. The zero-order chi connectivity index (χ0) is 17.2. The highest BCUT2D eigenvalue weighted by Crippen LogP contribution is 2.24.